The van der Waals surface area contributed by atoms with Crippen LogP contribution in [0.25, 0.3) is 11.8 Å². The number of ether oxygens (including phenoxy) is 3. The van der Waals surface area contributed by atoms with Crippen LogP contribution < -0.4 is 25.1 Å². The number of para-hydroxylation sites is 1. The molecule has 0 radical (unpaired) electrons. The van der Waals surface area contributed by atoms with Crippen molar-refractivity contribution in [1.82, 2.24) is 9.36 Å². The molecule has 170 valence electrons. The molecule has 0 atom stereocenters. The number of anilines is 1. The predicted octanol–water partition coefficient (Wildman–Crippen LogP) is 3.06. The second-order valence-corrected chi connectivity index (χ2v) is 7.02. The SMILES string of the molecule is COc1cc(/C=C(\C#N)C(=O)Nc2c(C)n(C)n(-c3ccccc3)c2=O)cc(OC)c1OC. The number of aromatic nitrogens is 2. The number of benzene rings is 2. The van der Waals surface area contributed by atoms with Crippen molar-refractivity contribution >= 4 is 17.7 Å². The fourth-order valence-electron chi connectivity index (χ4n) is 3.39. The number of nitriles is 1. The summed E-state index contributed by atoms with van der Waals surface area (Å²) in [7, 11) is 6.14. The Balaban J connectivity index is 1.99. The van der Waals surface area contributed by atoms with Crippen molar-refractivity contribution in [3.8, 4) is 29.0 Å². The Morgan fingerprint density at radius 1 is 1.06 bits per heavy atom. The maximum absolute atomic E-state index is 13.0. The molecule has 3 aromatic rings. The molecule has 33 heavy (non-hydrogen) atoms. The molecule has 0 fully saturated rings. The van der Waals surface area contributed by atoms with Gasteiger partial charge in [-0.15, -0.1) is 0 Å². The summed E-state index contributed by atoms with van der Waals surface area (Å²) in [5.74, 6) is 0.439. The summed E-state index contributed by atoms with van der Waals surface area (Å²) in [6, 6.07) is 14.2. The van der Waals surface area contributed by atoms with Crippen molar-refractivity contribution in [2.75, 3.05) is 26.6 Å². The normalized spacial score (nSPS) is 11.0. The third kappa shape index (κ3) is 4.45. The first-order chi connectivity index (χ1) is 15.9. The highest BCUT2D eigenvalue weighted by Crippen LogP contribution is 2.38. The highest BCUT2D eigenvalue weighted by molar-refractivity contribution is 6.09. The van der Waals surface area contributed by atoms with Gasteiger partial charge in [0.1, 0.15) is 17.3 Å². The average Bonchev–Trinajstić information content (AvgIpc) is 3.04. The van der Waals surface area contributed by atoms with Gasteiger partial charge in [-0.25, -0.2) is 4.68 Å². The molecular formula is C24H24N4O5. The number of rotatable bonds is 7. The van der Waals surface area contributed by atoms with E-state index < -0.39 is 11.5 Å². The van der Waals surface area contributed by atoms with E-state index in [-0.39, 0.29) is 11.3 Å². The van der Waals surface area contributed by atoms with Crippen LogP contribution in [0.3, 0.4) is 0 Å². The highest BCUT2D eigenvalue weighted by atomic mass is 16.5. The smallest absolute Gasteiger partial charge is 0.295 e. The van der Waals surface area contributed by atoms with Crippen molar-refractivity contribution in [3.05, 3.63) is 69.6 Å². The maximum atomic E-state index is 13.0. The molecule has 0 saturated heterocycles. The second-order valence-electron chi connectivity index (χ2n) is 7.02. The van der Waals surface area contributed by atoms with Crippen LogP contribution in [0.2, 0.25) is 0 Å². The van der Waals surface area contributed by atoms with Gasteiger partial charge in [0.15, 0.2) is 11.5 Å². The molecule has 1 N–H and O–H groups in total. The zero-order valence-corrected chi connectivity index (χ0v) is 19.0. The molecule has 0 aliphatic heterocycles. The first kappa shape index (κ1) is 23.2. The van der Waals surface area contributed by atoms with Gasteiger partial charge in [0, 0.05) is 7.05 Å². The molecule has 2 aromatic carbocycles. The van der Waals surface area contributed by atoms with Crippen molar-refractivity contribution < 1.29 is 19.0 Å². The minimum absolute atomic E-state index is 0.0948. The van der Waals surface area contributed by atoms with Crippen molar-refractivity contribution in [1.29, 1.82) is 5.26 Å². The molecule has 1 heterocycles. The number of nitrogens with one attached hydrogen (secondary N) is 1. The van der Waals surface area contributed by atoms with Crippen LogP contribution in [0.1, 0.15) is 11.3 Å². The zero-order valence-electron chi connectivity index (χ0n) is 19.0. The third-order valence-electron chi connectivity index (χ3n) is 5.16. The first-order valence-electron chi connectivity index (χ1n) is 9.93. The summed E-state index contributed by atoms with van der Waals surface area (Å²) >= 11 is 0. The van der Waals surface area contributed by atoms with E-state index in [1.807, 2.05) is 24.3 Å². The fourth-order valence-corrected chi connectivity index (χ4v) is 3.39. The molecule has 0 aliphatic rings. The van der Waals surface area contributed by atoms with E-state index in [2.05, 4.69) is 5.32 Å². The monoisotopic (exact) mass is 448 g/mol. The van der Waals surface area contributed by atoms with Crippen molar-refractivity contribution in [2.45, 2.75) is 6.92 Å². The summed E-state index contributed by atoms with van der Waals surface area (Å²) in [5.41, 5.74) is 1.18. The summed E-state index contributed by atoms with van der Waals surface area (Å²) < 4.78 is 19.0. The summed E-state index contributed by atoms with van der Waals surface area (Å²) in [4.78, 5) is 25.9. The Morgan fingerprint density at radius 3 is 2.18 bits per heavy atom. The summed E-state index contributed by atoms with van der Waals surface area (Å²) in [5, 5.41) is 12.2. The molecule has 3 rings (SSSR count). The van der Waals surface area contributed by atoms with E-state index in [0.717, 1.165) is 0 Å². The zero-order chi connectivity index (χ0) is 24.1. The number of hydrogen-bond acceptors (Lipinski definition) is 6. The fraction of sp³-hybridized carbons (Fsp3) is 0.208. The van der Waals surface area contributed by atoms with Gasteiger partial charge in [-0.3, -0.25) is 14.3 Å². The van der Waals surface area contributed by atoms with Crippen LogP contribution >= 0.6 is 0 Å². The molecule has 1 aromatic heterocycles. The Labute approximate surface area is 191 Å². The van der Waals surface area contributed by atoms with Gasteiger partial charge >= 0.3 is 0 Å². The molecule has 0 saturated carbocycles. The lowest BCUT2D eigenvalue weighted by Gasteiger charge is -2.13. The van der Waals surface area contributed by atoms with Crippen LogP contribution in [0, 0.1) is 18.3 Å². The van der Waals surface area contributed by atoms with E-state index in [0.29, 0.717) is 34.2 Å². The highest BCUT2D eigenvalue weighted by Gasteiger charge is 2.20. The largest absolute Gasteiger partial charge is 0.493 e. The molecule has 0 aliphatic carbocycles. The lowest BCUT2D eigenvalue weighted by atomic mass is 10.1. The predicted molar refractivity (Wildman–Crippen MR) is 124 cm³/mol. The van der Waals surface area contributed by atoms with Gasteiger partial charge < -0.3 is 19.5 Å². The minimum atomic E-state index is -0.711. The van der Waals surface area contributed by atoms with E-state index in [1.54, 1.807) is 42.9 Å². The second kappa shape index (κ2) is 9.78. The standard InChI is InChI=1S/C24H24N4O5/c1-15-21(24(30)28(27(15)2)18-9-7-6-8-10-18)26-23(29)17(14-25)11-16-12-19(31-3)22(33-5)20(13-16)32-4/h6-13H,1-5H3,(H,26,29)/b17-11+. The number of hydrogen-bond donors (Lipinski definition) is 1. The van der Waals surface area contributed by atoms with Gasteiger partial charge in [-0.05, 0) is 42.8 Å². The number of carbonyl (C=O) groups is 1. The van der Waals surface area contributed by atoms with Gasteiger partial charge in [0.2, 0.25) is 5.75 Å². The topological polar surface area (TPSA) is 108 Å². The molecule has 0 bridgehead atoms. The van der Waals surface area contributed by atoms with Crippen LogP contribution in [0.5, 0.6) is 17.2 Å². The Kier molecular flexibility index (Phi) is 6.88. The number of nitrogens with zero attached hydrogens (tertiary/aromatic N) is 3. The van der Waals surface area contributed by atoms with Gasteiger partial charge in [0.05, 0.1) is 32.7 Å². The van der Waals surface area contributed by atoms with E-state index >= 15 is 0 Å². The summed E-state index contributed by atoms with van der Waals surface area (Å²) in [6.45, 7) is 1.71. The van der Waals surface area contributed by atoms with Gasteiger partial charge in [-0.1, -0.05) is 18.2 Å². The van der Waals surface area contributed by atoms with Gasteiger partial charge in [-0.2, -0.15) is 5.26 Å². The van der Waals surface area contributed by atoms with Gasteiger partial charge in [0.25, 0.3) is 11.5 Å². The Bertz CT molecular complexity index is 1290. The van der Waals surface area contributed by atoms with Crippen molar-refractivity contribution in [3.63, 3.8) is 0 Å². The van der Waals surface area contributed by atoms with E-state index in [9.17, 15) is 14.9 Å². The number of amides is 1. The maximum Gasteiger partial charge on any atom is 0.295 e. The summed E-state index contributed by atoms with van der Waals surface area (Å²) in [6.07, 6.45) is 1.38. The van der Waals surface area contributed by atoms with Crippen molar-refractivity contribution in [2.24, 2.45) is 7.05 Å². The molecular weight excluding hydrogens is 424 g/mol. The van der Waals surface area contributed by atoms with E-state index in [1.165, 1.54) is 32.1 Å². The first-order valence-corrected chi connectivity index (χ1v) is 9.93. The molecule has 0 unspecified atom stereocenters. The minimum Gasteiger partial charge on any atom is -0.493 e. The number of methoxy groups -OCH3 is 3. The Morgan fingerprint density at radius 2 is 1.67 bits per heavy atom. The molecule has 9 heteroatoms. The quantitative estimate of drug-likeness (QED) is 0.440. The number of carbonyl (C=O) groups excluding carboxylic acids is 1. The molecule has 9 nitrogen and oxygen atoms in total. The van der Waals surface area contributed by atoms with Crippen LogP contribution in [-0.4, -0.2) is 36.6 Å². The Hall–Kier alpha value is -4.45. The molecule has 0 spiro atoms. The van der Waals surface area contributed by atoms with Crippen LogP contribution in [0.15, 0.2) is 52.8 Å². The third-order valence-corrected chi connectivity index (χ3v) is 5.16. The lowest BCUT2D eigenvalue weighted by molar-refractivity contribution is -0.112. The van der Waals surface area contributed by atoms with Crippen LogP contribution in [-0.2, 0) is 11.8 Å². The van der Waals surface area contributed by atoms with Crippen LogP contribution in [0.4, 0.5) is 5.69 Å². The molecule has 1 amide bonds. The average molecular weight is 448 g/mol. The lowest BCUT2D eigenvalue weighted by Crippen LogP contribution is -2.23. The van der Waals surface area contributed by atoms with E-state index in [4.69, 9.17) is 14.2 Å².